The van der Waals surface area contributed by atoms with Gasteiger partial charge in [0.1, 0.15) is 0 Å². The summed E-state index contributed by atoms with van der Waals surface area (Å²) in [6.45, 7) is 2.18. The van der Waals surface area contributed by atoms with Crippen molar-refractivity contribution in [2.75, 3.05) is 18.1 Å². The molecule has 0 spiro atoms. The Morgan fingerprint density at radius 2 is 2.28 bits per heavy atom. The Hall–Kier alpha value is -1.69. The summed E-state index contributed by atoms with van der Waals surface area (Å²) >= 11 is 0. The van der Waals surface area contributed by atoms with Crippen LogP contribution in [-0.4, -0.2) is 34.2 Å². The second-order valence-corrected chi connectivity index (χ2v) is 4.55. The predicted molar refractivity (Wildman–Crippen MR) is 67.7 cm³/mol. The van der Waals surface area contributed by atoms with Crippen LogP contribution in [0.25, 0.3) is 0 Å². The molecule has 0 unspecified atom stereocenters. The van der Waals surface area contributed by atoms with Gasteiger partial charge in [-0.25, -0.2) is 4.98 Å². The molecule has 0 amide bonds. The van der Waals surface area contributed by atoms with E-state index in [0.29, 0.717) is 12.4 Å². The van der Waals surface area contributed by atoms with Crippen LogP contribution in [-0.2, 0) is 0 Å². The molecule has 1 fully saturated rings. The third-order valence-corrected chi connectivity index (χ3v) is 3.32. The highest BCUT2D eigenvalue weighted by atomic mass is 16.6. The predicted octanol–water partition coefficient (Wildman–Crippen LogP) is 1.65. The lowest BCUT2D eigenvalue weighted by Crippen LogP contribution is -2.42. The lowest BCUT2D eigenvalue weighted by Gasteiger charge is -2.37. The summed E-state index contributed by atoms with van der Waals surface area (Å²) in [7, 11) is 0. The van der Waals surface area contributed by atoms with E-state index < -0.39 is 4.92 Å². The van der Waals surface area contributed by atoms with Crippen molar-refractivity contribution in [3.63, 3.8) is 0 Å². The Balaban J connectivity index is 2.37. The fourth-order valence-electron chi connectivity index (χ4n) is 2.16. The maximum Gasteiger partial charge on any atom is 0.311 e. The normalized spacial score (nSPS) is 15.2. The Morgan fingerprint density at radius 1 is 1.56 bits per heavy atom. The molecule has 18 heavy (non-hydrogen) atoms. The first-order valence-corrected chi connectivity index (χ1v) is 6.13. The molecule has 6 nitrogen and oxygen atoms in total. The number of rotatable bonds is 5. The zero-order chi connectivity index (χ0) is 13.1. The molecule has 1 N–H and O–H groups in total. The monoisotopic (exact) mass is 251 g/mol. The van der Waals surface area contributed by atoms with Crippen LogP contribution in [0.15, 0.2) is 12.1 Å². The lowest BCUT2D eigenvalue weighted by molar-refractivity contribution is -0.384. The number of nitro groups is 1. The molecule has 2 rings (SSSR count). The van der Waals surface area contributed by atoms with Gasteiger partial charge in [0.15, 0.2) is 0 Å². The molecule has 0 saturated heterocycles. The topological polar surface area (TPSA) is 79.5 Å². The highest BCUT2D eigenvalue weighted by Gasteiger charge is 2.30. The van der Waals surface area contributed by atoms with E-state index in [4.69, 9.17) is 5.11 Å². The van der Waals surface area contributed by atoms with Gasteiger partial charge in [0.2, 0.25) is 5.82 Å². The summed E-state index contributed by atoms with van der Waals surface area (Å²) in [6.07, 6.45) is 3.14. The van der Waals surface area contributed by atoms with Crippen molar-refractivity contribution >= 4 is 11.5 Å². The molecule has 0 aromatic carbocycles. The van der Waals surface area contributed by atoms with Crippen LogP contribution in [0.5, 0.6) is 0 Å². The van der Waals surface area contributed by atoms with Gasteiger partial charge in [-0.2, -0.15) is 0 Å². The minimum atomic E-state index is -0.412. The van der Waals surface area contributed by atoms with Gasteiger partial charge in [-0.3, -0.25) is 10.1 Å². The molecule has 1 heterocycles. The average molecular weight is 251 g/mol. The molecule has 1 aliphatic carbocycles. The van der Waals surface area contributed by atoms with E-state index in [1.165, 1.54) is 6.07 Å². The van der Waals surface area contributed by atoms with Crippen molar-refractivity contribution in [1.29, 1.82) is 0 Å². The number of aliphatic hydroxyl groups is 1. The first-order chi connectivity index (χ1) is 8.63. The third kappa shape index (κ3) is 2.43. The molecule has 0 atom stereocenters. The zero-order valence-corrected chi connectivity index (χ0v) is 10.4. The molecular formula is C12H17N3O3. The first-order valence-electron chi connectivity index (χ1n) is 6.13. The SMILES string of the molecule is Cc1ccc([N+](=O)[O-])c(N(CCO)C2CCC2)n1. The summed E-state index contributed by atoms with van der Waals surface area (Å²) in [5, 5.41) is 20.2. The molecular weight excluding hydrogens is 234 g/mol. The van der Waals surface area contributed by atoms with Crippen LogP contribution in [0.2, 0.25) is 0 Å². The van der Waals surface area contributed by atoms with Crippen molar-refractivity contribution < 1.29 is 10.0 Å². The van der Waals surface area contributed by atoms with E-state index in [-0.39, 0.29) is 18.3 Å². The second-order valence-electron chi connectivity index (χ2n) is 4.55. The van der Waals surface area contributed by atoms with E-state index >= 15 is 0 Å². The summed E-state index contributed by atoms with van der Waals surface area (Å²) < 4.78 is 0. The number of hydrogen-bond donors (Lipinski definition) is 1. The van der Waals surface area contributed by atoms with Gasteiger partial charge in [0.05, 0.1) is 11.5 Å². The molecule has 1 aromatic rings. The average Bonchev–Trinajstić information content (AvgIpc) is 2.25. The standard InChI is InChI=1S/C12H17N3O3/c1-9-5-6-11(15(17)18)12(13-9)14(7-8-16)10-3-2-4-10/h5-6,10,16H,2-4,7-8H2,1H3. The second kappa shape index (κ2) is 5.30. The largest absolute Gasteiger partial charge is 0.395 e. The van der Waals surface area contributed by atoms with Crippen molar-refractivity contribution in [1.82, 2.24) is 4.98 Å². The summed E-state index contributed by atoms with van der Waals surface area (Å²) in [4.78, 5) is 16.8. The van der Waals surface area contributed by atoms with Crippen molar-refractivity contribution in [3.05, 3.63) is 27.9 Å². The van der Waals surface area contributed by atoms with Crippen LogP contribution in [0, 0.1) is 17.0 Å². The fraction of sp³-hybridized carbons (Fsp3) is 0.583. The smallest absolute Gasteiger partial charge is 0.311 e. The van der Waals surface area contributed by atoms with Crippen LogP contribution in [0.1, 0.15) is 25.0 Å². The Kier molecular flexibility index (Phi) is 3.76. The van der Waals surface area contributed by atoms with E-state index in [0.717, 1.165) is 25.0 Å². The van der Waals surface area contributed by atoms with Gasteiger partial charge >= 0.3 is 5.69 Å². The number of anilines is 1. The highest BCUT2D eigenvalue weighted by molar-refractivity contribution is 5.59. The summed E-state index contributed by atoms with van der Waals surface area (Å²) in [5.41, 5.74) is 0.763. The Morgan fingerprint density at radius 3 is 2.78 bits per heavy atom. The van der Waals surface area contributed by atoms with E-state index in [9.17, 15) is 10.1 Å². The van der Waals surface area contributed by atoms with Gasteiger partial charge in [-0.05, 0) is 32.3 Å². The lowest BCUT2D eigenvalue weighted by atomic mass is 9.91. The van der Waals surface area contributed by atoms with E-state index in [2.05, 4.69) is 4.98 Å². The molecule has 1 aromatic heterocycles. The summed E-state index contributed by atoms with van der Waals surface area (Å²) in [6, 6.07) is 3.39. The minimum absolute atomic E-state index is 0.0148. The van der Waals surface area contributed by atoms with E-state index in [1.54, 1.807) is 6.07 Å². The van der Waals surface area contributed by atoms with Gasteiger partial charge < -0.3 is 10.0 Å². The molecule has 0 aliphatic heterocycles. The maximum atomic E-state index is 11.0. The Labute approximate surface area is 105 Å². The van der Waals surface area contributed by atoms with Gasteiger partial charge in [-0.1, -0.05) is 0 Å². The first kappa shape index (κ1) is 12.8. The van der Waals surface area contributed by atoms with Crippen molar-refractivity contribution in [3.8, 4) is 0 Å². The van der Waals surface area contributed by atoms with Gasteiger partial charge in [0, 0.05) is 24.3 Å². The summed E-state index contributed by atoms with van der Waals surface area (Å²) in [5.74, 6) is 0.388. The fourth-order valence-corrected chi connectivity index (χ4v) is 2.16. The number of pyridine rings is 1. The van der Waals surface area contributed by atoms with Gasteiger partial charge in [0.25, 0.3) is 0 Å². The van der Waals surface area contributed by atoms with Crippen LogP contribution in [0.3, 0.4) is 0 Å². The number of hydrogen-bond acceptors (Lipinski definition) is 5. The molecule has 1 saturated carbocycles. The molecule has 98 valence electrons. The molecule has 0 bridgehead atoms. The van der Waals surface area contributed by atoms with Gasteiger partial charge in [-0.15, -0.1) is 0 Å². The molecule has 6 heteroatoms. The number of aryl methyl sites for hydroxylation is 1. The van der Waals surface area contributed by atoms with Crippen LogP contribution >= 0.6 is 0 Å². The third-order valence-electron chi connectivity index (χ3n) is 3.32. The number of nitrogens with zero attached hydrogens (tertiary/aromatic N) is 3. The molecule has 0 radical (unpaired) electrons. The minimum Gasteiger partial charge on any atom is -0.395 e. The quantitative estimate of drug-likeness (QED) is 0.635. The number of aromatic nitrogens is 1. The maximum absolute atomic E-state index is 11.0. The van der Waals surface area contributed by atoms with E-state index in [1.807, 2.05) is 11.8 Å². The number of aliphatic hydroxyl groups excluding tert-OH is 1. The van der Waals surface area contributed by atoms with Crippen LogP contribution in [0.4, 0.5) is 11.5 Å². The van der Waals surface area contributed by atoms with Crippen molar-refractivity contribution in [2.24, 2.45) is 0 Å². The zero-order valence-electron chi connectivity index (χ0n) is 10.4. The van der Waals surface area contributed by atoms with Crippen LogP contribution < -0.4 is 4.90 Å². The van der Waals surface area contributed by atoms with Crippen molar-refractivity contribution in [2.45, 2.75) is 32.2 Å². The Bertz CT molecular complexity index is 446. The highest BCUT2D eigenvalue weighted by Crippen LogP contribution is 2.33. The molecule has 1 aliphatic rings.